The lowest BCUT2D eigenvalue weighted by Crippen LogP contribution is -2.23. The van der Waals surface area contributed by atoms with E-state index in [4.69, 9.17) is 22.5 Å². The van der Waals surface area contributed by atoms with Gasteiger partial charge in [0.2, 0.25) is 0 Å². The summed E-state index contributed by atoms with van der Waals surface area (Å²) in [6, 6.07) is 2.26. The molecule has 0 aliphatic carbocycles. The Bertz CT molecular complexity index is 1140. The SMILES string of the molecule is C#Cc1c(-c2cc(Cl)c(=O)n(CC)c2-c2c(F)cc(F)cc2F)noc1C. The lowest BCUT2D eigenvalue weighted by Gasteiger charge is -2.17. The minimum Gasteiger partial charge on any atom is -0.360 e. The van der Waals surface area contributed by atoms with Gasteiger partial charge in [-0.05, 0) is 19.9 Å². The highest BCUT2D eigenvalue weighted by atomic mass is 35.5. The van der Waals surface area contributed by atoms with Crippen LogP contribution in [0.3, 0.4) is 0 Å². The van der Waals surface area contributed by atoms with Crippen LogP contribution in [0.5, 0.6) is 0 Å². The van der Waals surface area contributed by atoms with Crippen LogP contribution >= 0.6 is 11.6 Å². The second kappa shape index (κ2) is 6.97. The normalized spacial score (nSPS) is 10.9. The fraction of sp³-hybridized carbons (Fsp3) is 0.158. The van der Waals surface area contributed by atoms with E-state index in [1.54, 1.807) is 13.8 Å². The standard InChI is InChI=1S/C19H12ClF3N2O2/c1-4-11-9(3)27-24-17(11)12-8-13(20)19(26)25(5-2)18(12)16-14(22)6-10(21)7-15(16)23/h1,6-8H,5H2,2-3H3. The summed E-state index contributed by atoms with van der Waals surface area (Å²) in [6.45, 7) is 3.21. The molecule has 3 rings (SSSR count). The van der Waals surface area contributed by atoms with Gasteiger partial charge >= 0.3 is 0 Å². The first kappa shape index (κ1) is 18.8. The smallest absolute Gasteiger partial charge is 0.269 e. The molecule has 0 aliphatic rings. The van der Waals surface area contributed by atoms with Crippen molar-refractivity contribution in [3.8, 4) is 34.9 Å². The van der Waals surface area contributed by atoms with Crippen LogP contribution in [0.4, 0.5) is 13.2 Å². The first-order valence-corrected chi connectivity index (χ1v) is 8.19. The molecular weight excluding hydrogens is 381 g/mol. The monoisotopic (exact) mass is 392 g/mol. The second-order valence-electron chi connectivity index (χ2n) is 5.66. The Kier molecular flexibility index (Phi) is 4.85. The lowest BCUT2D eigenvalue weighted by molar-refractivity contribution is 0.399. The molecule has 3 aromatic rings. The Morgan fingerprint density at radius 2 is 1.89 bits per heavy atom. The zero-order valence-electron chi connectivity index (χ0n) is 14.2. The summed E-state index contributed by atoms with van der Waals surface area (Å²) < 4.78 is 48.6. The van der Waals surface area contributed by atoms with Crippen LogP contribution < -0.4 is 5.56 Å². The van der Waals surface area contributed by atoms with Crippen molar-refractivity contribution in [3.63, 3.8) is 0 Å². The topological polar surface area (TPSA) is 48.0 Å². The van der Waals surface area contributed by atoms with Crippen molar-refractivity contribution in [1.29, 1.82) is 0 Å². The Morgan fingerprint density at radius 3 is 2.44 bits per heavy atom. The maximum absolute atomic E-state index is 14.5. The van der Waals surface area contributed by atoms with Crippen molar-refractivity contribution in [3.05, 3.63) is 62.4 Å². The van der Waals surface area contributed by atoms with Gasteiger partial charge in [0.1, 0.15) is 33.9 Å². The van der Waals surface area contributed by atoms with Crippen LogP contribution in [0, 0.1) is 36.7 Å². The van der Waals surface area contributed by atoms with Gasteiger partial charge in [-0.3, -0.25) is 4.79 Å². The van der Waals surface area contributed by atoms with Crippen LogP contribution in [0.1, 0.15) is 18.2 Å². The highest BCUT2D eigenvalue weighted by molar-refractivity contribution is 6.30. The summed E-state index contributed by atoms with van der Waals surface area (Å²) >= 11 is 6.02. The molecule has 0 radical (unpaired) electrons. The summed E-state index contributed by atoms with van der Waals surface area (Å²) in [6.07, 6.45) is 5.49. The predicted molar refractivity (Wildman–Crippen MR) is 94.9 cm³/mol. The Morgan fingerprint density at radius 1 is 1.26 bits per heavy atom. The van der Waals surface area contributed by atoms with Crippen molar-refractivity contribution in [2.75, 3.05) is 0 Å². The van der Waals surface area contributed by atoms with Crippen molar-refractivity contribution in [2.45, 2.75) is 20.4 Å². The van der Waals surface area contributed by atoms with Gasteiger partial charge in [-0.15, -0.1) is 6.42 Å². The molecular formula is C19H12ClF3N2O2. The number of hydrogen-bond donors (Lipinski definition) is 0. The summed E-state index contributed by atoms with van der Waals surface area (Å²) in [5.74, 6) is -0.742. The average molecular weight is 393 g/mol. The highest BCUT2D eigenvalue weighted by Gasteiger charge is 2.26. The van der Waals surface area contributed by atoms with Gasteiger partial charge in [0.05, 0.1) is 16.8 Å². The zero-order valence-corrected chi connectivity index (χ0v) is 15.0. The van der Waals surface area contributed by atoms with Crippen LogP contribution in [0.15, 0.2) is 27.5 Å². The minimum atomic E-state index is -1.18. The molecule has 0 atom stereocenters. The minimum absolute atomic E-state index is 0.0419. The molecule has 0 spiro atoms. The number of halogens is 4. The fourth-order valence-corrected chi connectivity index (χ4v) is 3.09. The second-order valence-corrected chi connectivity index (χ2v) is 6.06. The Hall–Kier alpha value is -2.98. The molecule has 4 nitrogen and oxygen atoms in total. The molecule has 0 aliphatic heterocycles. The number of pyridine rings is 1. The van der Waals surface area contributed by atoms with Crippen LogP contribution in [-0.2, 0) is 6.54 Å². The quantitative estimate of drug-likeness (QED) is 0.614. The lowest BCUT2D eigenvalue weighted by atomic mass is 9.98. The molecule has 0 bridgehead atoms. The first-order valence-electron chi connectivity index (χ1n) is 7.81. The summed E-state index contributed by atoms with van der Waals surface area (Å²) in [5.41, 5.74) is -0.981. The Labute approximate surface area is 157 Å². The van der Waals surface area contributed by atoms with Gasteiger partial charge in [-0.25, -0.2) is 13.2 Å². The Balaban J connectivity index is 2.52. The zero-order chi connectivity index (χ0) is 19.9. The van der Waals surface area contributed by atoms with Crippen LogP contribution in [0.25, 0.3) is 22.5 Å². The van der Waals surface area contributed by atoms with Crippen molar-refractivity contribution in [2.24, 2.45) is 0 Å². The molecule has 27 heavy (non-hydrogen) atoms. The molecule has 0 unspecified atom stereocenters. The molecule has 0 N–H and O–H groups in total. The van der Waals surface area contributed by atoms with E-state index < -0.39 is 28.6 Å². The molecule has 8 heteroatoms. The predicted octanol–water partition coefficient (Wildman–Crippen LogP) is 4.55. The molecule has 0 saturated carbocycles. The molecule has 0 fully saturated rings. The van der Waals surface area contributed by atoms with Gasteiger partial charge < -0.3 is 9.09 Å². The van der Waals surface area contributed by atoms with E-state index in [0.29, 0.717) is 17.9 Å². The fourth-order valence-electron chi connectivity index (χ4n) is 2.88. The van der Waals surface area contributed by atoms with Gasteiger partial charge in [0, 0.05) is 24.2 Å². The average Bonchev–Trinajstić information content (AvgIpc) is 2.97. The third kappa shape index (κ3) is 3.02. The van der Waals surface area contributed by atoms with Crippen molar-refractivity contribution in [1.82, 2.24) is 9.72 Å². The van der Waals surface area contributed by atoms with Crippen LogP contribution in [0.2, 0.25) is 5.02 Å². The number of terminal acetylenes is 1. The molecule has 2 heterocycles. The van der Waals surface area contributed by atoms with E-state index in [0.717, 1.165) is 4.57 Å². The maximum Gasteiger partial charge on any atom is 0.269 e. The van der Waals surface area contributed by atoms with E-state index in [2.05, 4.69) is 11.1 Å². The van der Waals surface area contributed by atoms with E-state index in [1.807, 2.05) is 0 Å². The molecule has 0 saturated heterocycles. The number of nitrogens with zero attached hydrogens (tertiary/aromatic N) is 2. The third-order valence-electron chi connectivity index (χ3n) is 4.07. The summed E-state index contributed by atoms with van der Waals surface area (Å²) in [4.78, 5) is 12.5. The number of benzene rings is 1. The first-order chi connectivity index (χ1) is 12.8. The summed E-state index contributed by atoms with van der Waals surface area (Å²) in [5, 5.41) is 3.66. The third-order valence-corrected chi connectivity index (χ3v) is 4.34. The van der Waals surface area contributed by atoms with Gasteiger partial charge in [0.25, 0.3) is 5.56 Å². The molecule has 1 aromatic carbocycles. The van der Waals surface area contributed by atoms with Gasteiger partial charge in [0.15, 0.2) is 0 Å². The van der Waals surface area contributed by atoms with E-state index in [9.17, 15) is 18.0 Å². The van der Waals surface area contributed by atoms with E-state index >= 15 is 0 Å². The van der Waals surface area contributed by atoms with Crippen molar-refractivity contribution < 1.29 is 17.7 Å². The van der Waals surface area contributed by atoms with E-state index in [1.165, 1.54) is 6.07 Å². The summed E-state index contributed by atoms with van der Waals surface area (Å²) in [7, 11) is 0. The number of aryl methyl sites for hydroxylation is 1. The maximum atomic E-state index is 14.5. The molecule has 0 amide bonds. The van der Waals surface area contributed by atoms with Gasteiger partial charge in [-0.2, -0.15) is 0 Å². The molecule has 138 valence electrons. The van der Waals surface area contributed by atoms with Crippen LogP contribution in [-0.4, -0.2) is 9.72 Å². The number of rotatable bonds is 3. The van der Waals surface area contributed by atoms with E-state index in [-0.39, 0.29) is 34.1 Å². The van der Waals surface area contributed by atoms with Gasteiger partial charge in [-0.1, -0.05) is 22.7 Å². The van der Waals surface area contributed by atoms with Crippen molar-refractivity contribution >= 4 is 11.6 Å². The number of aromatic nitrogens is 2. The number of hydrogen-bond acceptors (Lipinski definition) is 3. The molecule has 2 aromatic heterocycles. The largest absolute Gasteiger partial charge is 0.360 e. The highest BCUT2D eigenvalue weighted by Crippen LogP contribution is 2.37.